The van der Waals surface area contributed by atoms with E-state index < -0.39 is 0 Å². The molecule has 0 radical (unpaired) electrons. The van der Waals surface area contributed by atoms with E-state index in [1.54, 1.807) is 18.0 Å². The van der Waals surface area contributed by atoms with Crippen LogP contribution >= 0.6 is 11.8 Å². The summed E-state index contributed by atoms with van der Waals surface area (Å²) in [5.74, 6) is 2.04. The van der Waals surface area contributed by atoms with Crippen LogP contribution in [0.2, 0.25) is 0 Å². The summed E-state index contributed by atoms with van der Waals surface area (Å²) in [7, 11) is 0. The predicted molar refractivity (Wildman–Crippen MR) is 111 cm³/mol. The van der Waals surface area contributed by atoms with Crippen LogP contribution in [0.1, 0.15) is 12.8 Å². The van der Waals surface area contributed by atoms with Crippen LogP contribution in [0.4, 0.5) is 17.2 Å². The van der Waals surface area contributed by atoms with Gasteiger partial charge in [-0.2, -0.15) is 11.8 Å². The minimum absolute atomic E-state index is 0.0603. The van der Waals surface area contributed by atoms with Gasteiger partial charge in [0.05, 0.1) is 11.9 Å². The summed E-state index contributed by atoms with van der Waals surface area (Å²) >= 11 is 1.77. The lowest BCUT2D eigenvalue weighted by Gasteiger charge is -2.36. The Morgan fingerprint density at radius 2 is 1.81 bits per heavy atom. The molecule has 1 fully saturated rings. The average Bonchev–Trinajstić information content (AvgIpc) is 2.70. The van der Waals surface area contributed by atoms with E-state index in [1.807, 2.05) is 18.2 Å². The number of nitrogens with zero attached hydrogens (tertiary/aromatic N) is 3. The van der Waals surface area contributed by atoms with E-state index in [0.29, 0.717) is 6.42 Å². The second-order valence-electron chi connectivity index (χ2n) is 6.36. The third kappa shape index (κ3) is 5.14. The van der Waals surface area contributed by atoms with Crippen LogP contribution < -0.4 is 15.1 Å². The Balaban J connectivity index is 1.49. The van der Waals surface area contributed by atoms with Crippen LogP contribution in [-0.2, 0) is 4.79 Å². The highest BCUT2D eigenvalue weighted by Gasteiger charge is 2.18. The van der Waals surface area contributed by atoms with E-state index in [0.717, 1.165) is 49.9 Å². The summed E-state index contributed by atoms with van der Waals surface area (Å²) in [5.41, 5.74) is 2.05. The number of carbonyl (C=O) groups excluding carboxylic acids is 1. The zero-order valence-electron chi connectivity index (χ0n) is 15.2. The van der Waals surface area contributed by atoms with Gasteiger partial charge in [-0.25, -0.2) is 4.98 Å². The average molecular weight is 371 g/mol. The number of pyridine rings is 1. The Hall–Kier alpha value is -2.21. The molecule has 1 N–H and O–H groups in total. The molecular formula is C20H26N4OS. The number of nitrogens with one attached hydrogen (secondary N) is 1. The fraction of sp³-hybridized carbons (Fsp3) is 0.400. The fourth-order valence-corrected chi connectivity index (χ4v) is 3.51. The summed E-state index contributed by atoms with van der Waals surface area (Å²) in [6.07, 6.45) is 5.28. The van der Waals surface area contributed by atoms with Crippen molar-refractivity contribution in [1.82, 2.24) is 4.98 Å². The molecule has 1 aromatic carbocycles. The molecule has 0 saturated carbocycles. The molecule has 0 aliphatic carbocycles. The molecular weight excluding hydrogens is 344 g/mol. The summed E-state index contributed by atoms with van der Waals surface area (Å²) in [4.78, 5) is 21.1. The van der Waals surface area contributed by atoms with E-state index >= 15 is 0 Å². The van der Waals surface area contributed by atoms with E-state index in [9.17, 15) is 4.79 Å². The molecule has 0 spiro atoms. The maximum Gasteiger partial charge on any atom is 0.224 e. The molecule has 1 saturated heterocycles. The second-order valence-corrected chi connectivity index (χ2v) is 7.34. The lowest BCUT2D eigenvalue weighted by Crippen LogP contribution is -2.46. The molecule has 0 bridgehead atoms. The minimum atomic E-state index is 0.0603. The molecule has 1 amide bonds. The number of hydrogen-bond donors (Lipinski definition) is 1. The van der Waals surface area contributed by atoms with Gasteiger partial charge < -0.3 is 15.1 Å². The first-order valence-electron chi connectivity index (χ1n) is 9.06. The van der Waals surface area contributed by atoms with Crippen molar-refractivity contribution in [2.75, 3.05) is 53.3 Å². The van der Waals surface area contributed by atoms with Gasteiger partial charge in [-0.1, -0.05) is 18.2 Å². The fourth-order valence-electron chi connectivity index (χ4n) is 3.08. The second kappa shape index (κ2) is 9.48. The zero-order chi connectivity index (χ0) is 18.2. The Labute approximate surface area is 159 Å². The quantitative estimate of drug-likeness (QED) is 0.756. The monoisotopic (exact) mass is 370 g/mol. The highest BCUT2D eigenvalue weighted by atomic mass is 32.2. The van der Waals surface area contributed by atoms with Crippen LogP contribution in [0, 0.1) is 0 Å². The number of aromatic nitrogens is 1. The number of rotatable bonds is 7. The Morgan fingerprint density at radius 3 is 2.46 bits per heavy atom. The van der Waals surface area contributed by atoms with Gasteiger partial charge in [-0.05, 0) is 42.7 Å². The molecule has 5 nitrogen and oxygen atoms in total. The van der Waals surface area contributed by atoms with Crippen molar-refractivity contribution >= 4 is 34.9 Å². The first kappa shape index (κ1) is 18.6. The number of benzene rings is 1. The SMILES string of the molecule is CSCCCC(=O)Nc1ccc(N2CCN(c3ccccc3)CC2)nc1. The number of carbonyl (C=O) groups is 1. The lowest BCUT2D eigenvalue weighted by molar-refractivity contribution is -0.116. The van der Waals surface area contributed by atoms with Gasteiger partial charge in [-0.15, -0.1) is 0 Å². The third-order valence-corrected chi connectivity index (χ3v) is 5.21. The van der Waals surface area contributed by atoms with Gasteiger partial charge in [-0.3, -0.25) is 4.79 Å². The minimum Gasteiger partial charge on any atom is -0.368 e. The van der Waals surface area contributed by atoms with Gasteiger partial charge in [0, 0.05) is 38.3 Å². The van der Waals surface area contributed by atoms with Gasteiger partial charge in [0.1, 0.15) is 5.82 Å². The molecule has 1 aliphatic rings. The Kier molecular flexibility index (Phi) is 6.77. The summed E-state index contributed by atoms with van der Waals surface area (Å²) in [6, 6.07) is 14.5. The number of para-hydroxylation sites is 1. The Morgan fingerprint density at radius 1 is 1.08 bits per heavy atom. The summed E-state index contributed by atoms with van der Waals surface area (Å²) in [6.45, 7) is 3.86. The number of anilines is 3. The number of piperazine rings is 1. The molecule has 6 heteroatoms. The van der Waals surface area contributed by atoms with Crippen LogP contribution in [0.3, 0.4) is 0 Å². The maximum absolute atomic E-state index is 11.9. The topological polar surface area (TPSA) is 48.5 Å². The number of hydrogen-bond acceptors (Lipinski definition) is 5. The maximum atomic E-state index is 11.9. The van der Waals surface area contributed by atoms with Crippen molar-refractivity contribution in [3.8, 4) is 0 Å². The van der Waals surface area contributed by atoms with E-state index in [4.69, 9.17) is 0 Å². The van der Waals surface area contributed by atoms with Crippen LogP contribution in [0.15, 0.2) is 48.7 Å². The molecule has 0 atom stereocenters. The van der Waals surface area contributed by atoms with Gasteiger partial charge in [0.15, 0.2) is 0 Å². The normalized spacial score (nSPS) is 14.3. The number of amides is 1. The lowest BCUT2D eigenvalue weighted by atomic mass is 10.2. The largest absolute Gasteiger partial charge is 0.368 e. The third-order valence-electron chi connectivity index (χ3n) is 4.51. The standard InChI is InChI=1S/C20H26N4OS/c1-26-15-5-8-20(25)22-17-9-10-19(21-16-17)24-13-11-23(12-14-24)18-6-3-2-4-7-18/h2-4,6-7,9-10,16H,5,8,11-15H2,1H3,(H,22,25). The summed E-state index contributed by atoms with van der Waals surface area (Å²) in [5, 5.41) is 2.92. The highest BCUT2D eigenvalue weighted by Crippen LogP contribution is 2.20. The molecule has 3 rings (SSSR count). The van der Waals surface area contributed by atoms with Crippen molar-refractivity contribution in [1.29, 1.82) is 0 Å². The van der Waals surface area contributed by atoms with Crippen LogP contribution in [0.25, 0.3) is 0 Å². The summed E-state index contributed by atoms with van der Waals surface area (Å²) < 4.78 is 0. The molecule has 138 valence electrons. The van der Waals surface area contributed by atoms with Crippen molar-refractivity contribution < 1.29 is 4.79 Å². The molecule has 2 aromatic rings. The van der Waals surface area contributed by atoms with Crippen LogP contribution in [-0.4, -0.2) is 49.1 Å². The Bertz CT molecular complexity index is 685. The molecule has 1 aliphatic heterocycles. The van der Waals surface area contributed by atoms with E-state index in [1.165, 1.54) is 5.69 Å². The van der Waals surface area contributed by atoms with Crippen LogP contribution in [0.5, 0.6) is 0 Å². The van der Waals surface area contributed by atoms with Gasteiger partial charge in [0.25, 0.3) is 0 Å². The zero-order valence-corrected chi connectivity index (χ0v) is 16.0. The van der Waals surface area contributed by atoms with Crippen molar-refractivity contribution in [3.63, 3.8) is 0 Å². The molecule has 1 aromatic heterocycles. The molecule has 0 unspecified atom stereocenters. The highest BCUT2D eigenvalue weighted by molar-refractivity contribution is 7.98. The first-order valence-corrected chi connectivity index (χ1v) is 10.5. The number of thioether (sulfide) groups is 1. The molecule has 26 heavy (non-hydrogen) atoms. The van der Waals surface area contributed by atoms with E-state index in [-0.39, 0.29) is 5.91 Å². The van der Waals surface area contributed by atoms with Gasteiger partial charge >= 0.3 is 0 Å². The van der Waals surface area contributed by atoms with Crippen molar-refractivity contribution in [3.05, 3.63) is 48.7 Å². The first-order chi connectivity index (χ1) is 12.8. The smallest absolute Gasteiger partial charge is 0.224 e. The van der Waals surface area contributed by atoms with Gasteiger partial charge in [0.2, 0.25) is 5.91 Å². The molecule has 2 heterocycles. The predicted octanol–water partition coefficient (Wildman–Crippen LogP) is 3.49. The van der Waals surface area contributed by atoms with Crippen molar-refractivity contribution in [2.45, 2.75) is 12.8 Å². The van der Waals surface area contributed by atoms with Crippen molar-refractivity contribution in [2.24, 2.45) is 0 Å². The van der Waals surface area contributed by atoms with E-state index in [2.05, 4.69) is 50.6 Å².